The molecule has 10 heteroatoms. The van der Waals surface area contributed by atoms with Gasteiger partial charge in [-0.05, 0) is 87.7 Å². The number of nitrogens with two attached hydrogens (primary N) is 4. The van der Waals surface area contributed by atoms with Gasteiger partial charge in [-0.15, -0.1) is 12.8 Å². The second-order valence-corrected chi connectivity index (χ2v) is 10.6. The average Bonchev–Trinajstić information content (AvgIpc) is 3.12. The van der Waals surface area contributed by atoms with Gasteiger partial charge in [0.25, 0.3) is 0 Å². The topological polar surface area (TPSA) is 174 Å². The number of aliphatic imine (C=N–C) groups is 1. The Labute approximate surface area is 298 Å². The standard InChI is InChI=1S/C19H29N5O.C12H18N2O.C3H8.C2H6.C2H2.CH5N/c1-4-7-15(11-22-12-25)17-10-13(2)14(3)19(23-17)24(21)18-9-6-5-8-16(18)20;1-4-5-14-8-10-6-9(2)7-11(15-3)12(10)13;1-3-2;3*1-2/h5-6,8-10,15,22,25H,4,7,11-12,20-21H2,1-3H3;6-8H,4-5,13H2,1-3H3;3H2,1-2H3;1-2H3;1-2H;2H2,1H3. The number of nitrogens with one attached hydrogen (secondary N) is 1. The number of nitrogen functional groups attached to an aromatic ring is 2. The molecule has 10 N–H and O–H groups in total. The predicted octanol–water partition coefficient (Wildman–Crippen LogP) is 7.40. The van der Waals surface area contributed by atoms with Crippen molar-refractivity contribution in [1.82, 2.24) is 10.3 Å². The van der Waals surface area contributed by atoms with Gasteiger partial charge in [-0.3, -0.25) is 15.3 Å². The molecule has 3 rings (SSSR count). The van der Waals surface area contributed by atoms with Crippen LogP contribution in [-0.4, -0.2) is 50.3 Å². The highest BCUT2D eigenvalue weighted by Crippen LogP contribution is 2.32. The largest absolute Gasteiger partial charge is 0.495 e. The molecule has 0 amide bonds. The quantitative estimate of drug-likeness (QED) is 0.0284. The van der Waals surface area contributed by atoms with E-state index < -0.39 is 0 Å². The number of methoxy groups -OCH3 is 1. The minimum atomic E-state index is -0.0402. The van der Waals surface area contributed by atoms with E-state index in [1.165, 1.54) is 13.5 Å². The molecule has 0 saturated heterocycles. The molecule has 0 radical (unpaired) electrons. The Morgan fingerprint density at radius 1 is 1.00 bits per heavy atom. The van der Waals surface area contributed by atoms with Crippen molar-refractivity contribution in [3.05, 3.63) is 70.4 Å². The monoisotopic (exact) mass is 681 g/mol. The number of aryl methyl sites for hydroxylation is 2. The Hall–Kier alpha value is -4.14. The number of aliphatic hydroxyl groups is 1. The van der Waals surface area contributed by atoms with Crippen LogP contribution in [0.15, 0.2) is 47.5 Å². The zero-order valence-corrected chi connectivity index (χ0v) is 32.3. The molecule has 49 heavy (non-hydrogen) atoms. The van der Waals surface area contributed by atoms with Gasteiger partial charge in [-0.25, -0.2) is 10.8 Å². The molecule has 276 valence electrons. The van der Waals surface area contributed by atoms with Crippen LogP contribution in [0.1, 0.15) is 101 Å². The number of benzene rings is 2. The van der Waals surface area contributed by atoms with Crippen LogP contribution in [0.25, 0.3) is 0 Å². The number of para-hydroxylation sites is 2. The molecule has 0 saturated carbocycles. The summed E-state index contributed by atoms with van der Waals surface area (Å²) in [5, 5.41) is 13.6. The van der Waals surface area contributed by atoms with E-state index in [1.54, 1.807) is 12.1 Å². The van der Waals surface area contributed by atoms with Crippen molar-refractivity contribution in [1.29, 1.82) is 0 Å². The molecule has 2 aromatic carbocycles. The van der Waals surface area contributed by atoms with E-state index in [0.717, 1.165) is 59.4 Å². The molecule has 3 aromatic rings. The molecule has 1 unspecified atom stereocenters. The van der Waals surface area contributed by atoms with Crippen molar-refractivity contribution in [2.45, 2.75) is 93.9 Å². The van der Waals surface area contributed by atoms with E-state index in [0.29, 0.717) is 29.5 Å². The molecular weight excluding hydrogens is 612 g/mol. The fraction of sp³-hybridized carbons (Fsp3) is 0.487. The average molecular weight is 681 g/mol. The number of rotatable bonds is 12. The molecule has 0 aliphatic rings. The number of anilines is 4. The third-order valence-corrected chi connectivity index (χ3v) is 6.63. The van der Waals surface area contributed by atoms with Crippen LogP contribution in [0, 0.1) is 33.6 Å². The molecule has 0 spiro atoms. The van der Waals surface area contributed by atoms with Crippen molar-refractivity contribution in [2.75, 3.05) is 50.5 Å². The number of hydrogen-bond donors (Lipinski definition) is 6. The van der Waals surface area contributed by atoms with Crippen molar-refractivity contribution >= 4 is 29.1 Å². The second kappa shape index (κ2) is 31.1. The number of pyridine rings is 1. The van der Waals surface area contributed by atoms with Crippen LogP contribution in [-0.2, 0) is 0 Å². The molecule has 1 aromatic heterocycles. The summed E-state index contributed by atoms with van der Waals surface area (Å²) >= 11 is 0. The summed E-state index contributed by atoms with van der Waals surface area (Å²) < 4.78 is 5.19. The Kier molecular flexibility index (Phi) is 31.3. The lowest BCUT2D eigenvalue weighted by Crippen LogP contribution is -2.29. The number of hydrazine groups is 1. The first-order valence-electron chi connectivity index (χ1n) is 17.1. The van der Waals surface area contributed by atoms with Gasteiger partial charge in [0.05, 0.1) is 30.9 Å². The summed E-state index contributed by atoms with van der Waals surface area (Å²) in [6.07, 6.45) is 14.1. The van der Waals surface area contributed by atoms with Crippen LogP contribution >= 0.6 is 0 Å². The molecule has 10 nitrogen and oxygen atoms in total. The maximum atomic E-state index is 9.08. The summed E-state index contributed by atoms with van der Waals surface area (Å²) in [7, 11) is 3.12. The first kappa shape index (κ1) is 49.2. The summed E-state index contributed by atoms with van der Waals surface area (Å²) in [4.78, 5) is 9.12. The van der Waals surface area contributed by atoms with Gasteiger partial charge in [0.15, 0.2) is 5.82 Å². The highest BCUT2D eigenvalue weighted by atomic mass is 16.5. The van der Waals surface area contributed by atoms with Crippen molar-refractivity contribution in [3.63, 3.8) is 0 Å². The number of terminal acetylenes is 1. The van der Waals surface area contributed by atoms with Gasteiger partial charge in [0.2, 0.25) is 0 Å². The molecular formula is C39H68N8O2. The first-order valence-corrected chi connectivity index (χ1v) is 17.1. The SMILES string of the molecule is C#C.CC.CCC.CCCC(CNCO)c1cc(C)c(C)c(N(N)c2ccccc2N)n1.CCCN=Cc1cc(C)cc(OC)c1N.CN. The lowest BCUT2D eigenvalue weighted by atomic mass is 9.96. The van der Waals surface area contributed by atoms with E-state index >= 15 is 0 Å². The van der Waals surface area contributed by atoms with E-state index in [-0.39, 0.29) is 12.6 Å². The maximum Gasteiger partial charge on any atom is 0.150 e. The molecule has 1 heterocycles. The number of aromatic nitrogens is 1. The summed E-state index contributed by atoms with van der Waals surface area (Å²) in [5.74, 6) is 8.01. The number of ether oxygens (including phenoxy) is 1. The number of aliphatic hydroxyl groups excluding tert-OH is 1. The van der Waals surface area contributed by atoms with Crippen molar-refractivity contribution in [2.24, 2.45) is 16.6 Å². The zero-order valence-electron chi connectivity index (χ0n) is 32.3. The molecule has 0 aliphatic heterocycles. The van der Waals surface area contributed by atoms with E-state index in [1.807, 2.05) is 70.3 Å². The summed E-state index contributed by atoms with van der Waals surface area (Å²) in [5.41, 5.74) is 23.7. The first-order chi connectivity index (χ1) is 23.6. The van der Waals surface area contributed by atoms with Gasteiger partial charge in [-0.2, -0.15) is 0 Å². The van der Waals surface area contributed by atoms with Crippen LogP contribution in [0.3, 0.4) is 0 Å². The van der Waals surface area contributed by atoms with Crippen LogP contribution in [0.2, 0.25) is 0 Å². The Balaban J connectivity index is -0.000000751. The highest BCUT2D eigenvalue weighted by Gasteiger charge is 2.19. The van der Waals surface area contributed by atoms with Gasteiger partial charge < -0.3 is 27.0 Å². The van der Waals surface area contributed by atoms with Crippen LogP contribution in [0.5, 0.6) is 5.75 Å². The normalized spacial score (nSPS) is 10.2. The molecule has 1 atom stereocenters. The molecule has 0 bridgehead atoms. The smallest absolute Gasteiger partial charge is 0.150 e. The number of hydrogen-bond acceptors (Lipinski definition) is 10. The summed E-state index contributed by atoms with van der Waals surface area (Å²) in [6, 6.07) is 13.5. The lowest BCUT2D eigenvalue weighted by molar-refractivity contribution is 0.255. The van der Waals surface area contributed by atoms with E-state index in [2.05, 4.69) is 69.6 Å². The minimum absolute atomic E-state index is 0.0402. The zero-order chi connectivity index (χ0) is 38.4. The van der Waals surface area contributed by atoms with E-state index in [9.17, 15) is 0 Å². The highest BCUT2D eigenvalue weighted by molar-refractivity contribution is 5.89. The Bertz CT molecular complexity index is 1310. The third-order valence-electron chi connectivity index (χ3n) is 6.63. The van der Waals surface area contributed by atoms with Gasteiger partial charge in [0.1, 0.15) is 5.75 Å². The Morgan fingerprint density at radius 2 is 1.59 bits per heavy atom. The van der Waals surface area contributed by atoms with Crippen molar-refractivity contribution in [3.8, 4) is 18.6 Å². The van der Waals surface area contributed by atoms with Gasteiger partial charge in [0, 0.05) is 36.5 Å². The predicted molar refractivity (Wildman–Crippen MR) is 216 cm³/mol. The minimum Gasteiger partial charge on any atom is -0.495 e. The number of nitrogens with zero attached hydrogens (tertiary/aromatic N) is 3. The Morgan fingerprint density at radius 3 is 2.10 bits per heavy atom. The fourth-order valence-corrected chi connectivity index (χ4v) is 4.31. The van der Waals surface area contributed by atoms with Crippen LogP contribution in [0.4, 0.5) is 22.9 Å². The second-order valence-electron chi connectivity index (χ2n) is 10.6. The van der Waals surface area contributed by atoms with Crippen LogP contribution < -0.4 is 38.1 Å². The summed E-state index contributed by atoms with van der Waals surface area (Å²) in [6.45, 7) is 20.1. The lowest BCUT2D eigenvalue weighted by Gasteiger charge is -2.25. The molecule has 0 aliphatic carbocycles. The van der Waals surface area contributed by atoms with Crippen molar-refractivity contribution < 1.29 is 9.84 Å². The maximum absolute atomic E-state index is 9.08. The molecule has 0 fully saturated rings. The van der Waals surface area contributed by atoms with E-state index in [4.69, 9.17) is 32.1 Å². The van der Waals surface area contributed by atoms with Gasteiger partial charge >= 0.3 is 0 Å². The third kappa shape index (κ3) is 18.3. The van der Waals surface area contributed by atoms with Gasteiger partial charge in [-0.1, -0.05) is 66.5 Å². The fourth-order valence-electron chi connectivity index (χ4n) is 4.31.